The summed E-state index contributed by atoms with van der Waals surface area (Å²) in [6, 6.07) is 8.91. The highest BCUT2D eigenvalue weighted by atomic mass is 127. The minimum Gasteiger partial charge on any atom is -0.496 e. The highest BCUT2D eigenvalue weighted by molar-refractivity contribution is 14.0. The fourth-order valence-electron chi connectivity index (χ4n) is 2.50. The zero-order valence-electron chi connectivity index (χ0n) is 16.6. The number of guanidine groups is 1. The van der Waals surface area contributed by atoms with Gasteiger partial charge in [-0.05, 0) is 12.1 Å². The Bertz CT molecular complexity index is 789. The van der Waals surface area contributed by atoms with E-state index in [9.17, 15) is 0 Å². The predicted octanol–water partition coefficient (Wildman–Crippen LogP) is 3.27. The Labute approximate surface area is 182 Å². The van der Waals surface area contributed by atoms with Crippen LogP contribution in [0.4, 0.5) is 5.69 Å². The number of nitrogens with zero attached hydrogens (tertiary/aromatic N) is 1. The molecule has 0 saturated carbocycles. The molecule has 8 nitrogen and oxygen atoms in total. The van der Waals surface area contributed by atoms with Crippen LogP contribution in [0.2, 0.25) is 0 Å². The van der Waals surface area contributed by atoms with Gasteiger partial charge in [0.1, 0.15) is 17.2 Å². The highest BCUT2D eigenvalue weighted by Gasteiger charge is 2.13. The second kappa shape index (κ2) is 11.3. The molecule has 2 aromatic carbocycles. The van der Waals surface area contributed by atoms with Crippen LogP contribution in [0.5, 0.6) is 28.7 Å². The molecule has 2 rings (SSSR count). The summed E-state index contributed by atoms with van der Waals surface area (Å²) in [5.41, 5.74) is 7.50. The molecular weight excluding hydrogens is 477 g/mol. The topological polar surface area (TPSA) is 96.6 Å². The molecule has 0 fully saturated rings. The van der Waals surface area contributed by atoms with E-state index in [1.807, 2.05) is 6.07 Å². The first kappa shape index (κ1) is 23.5. The number of methoxy groups -OCH3 is 5. The van der Waals surface area contributed by atoms with Crippen LogP contribution in [0.15, 0.2) is 35.3 Å². The van der Waals surface area contributed by atoms with Crippen LogP contribution in [-0.2, 0) is 6.54 Å². The van der Waals surface area contributed by atoms with Crippen LogP contribution in [0.3, 0.4) is 0 Å². The number of nitrogens with two attached hydrogens (primary N) is 1. The number of ether oxygens (including phenoxy) is 5. The molecule has 0 atom stereocenters. The van der Waals surface area contributed by atoms with Gasteiger partial charge in [-0.1, -0.05) is 0 Å². The van der Waals surface area contributed by atoms with Gasteiger partial charge in [-0.15, -0.1) is 24.0 Å². The first-order valence-electron chi connectivity index (χ1n) is 8.14. The zero-order valence-corrected chi connectivity index (χ0v) is 18.9. The second-order valence-corrected chi connectivity index (χ2v) is 5.41. The summed E-state index contributed by atoms with van der Waals surface area (Å²) in [4.78, 5) is 4.37. The summed E-state index contributed by atoms with van der Waals surface area (Å²) in [6.07, 6.45) is 0. The molecule has 0 aromatic heterocycles. The van der Waals surface area contributed by atoms with E-state index in [0.717, 1.165) is 11.3 Å². The molecule has 0 saturated heterocycles. The number of halogens is 1. The van der Waals surface area contributed by atoms with E-state index in [1.165, 1.54) is 0 Å². The zero-order chi connectivity index (χ0) is 19.8. The number of nitrogens with one attached hydrogen (secondary N) is 1. The molecular formula is C19H26IN3O5. The normalized spacial score (nSPS) is 10.5. The summed E-state index contributed by atoms with van der Waals surface area (Å²) in [6.45, 7) is 0.266. The van der Waals surface area contributed by atoms with Crippen molar-refractivity contribution in [2.75, 3.05) is 40.9 Å². The first-order valence-corrected chi connectivity index (χ1v) is 8.14. The Balaban J connectivity index is 0.00000392. The van der Waals surface area contributed by atoms with Crippen LogP contribution < -0.4 is 34.7 Å². The molecule has 3 N–H and O–H groups in total. The van der Waals surface area contributed by atoms with Gasteiger partial charge in [0, 0.05) is 23.9 Å². The molecule has 0 aliphatic heterocycles. The van der Waals surface area contributed by atoms with Crippen molar-refractivity contribution in [3.05, 3.63) is 35.9 Å². The summed E-state index contributed by atoms with van der Waals surface area (Å²) in [5.74, 6) is 3.30. The minimum atomic E-state index is 0. The van der Waals surface area contributed by atoms with Gasteiger partial charge in [0.15, 0.2) is 17.5 Å². The smallest absolute Gasteiger partial charge is 0.193 e. The lowest BCUT2D eigenvalue weighted by Crippen LogP contribution is -2.22. The van der Waals surface area contributed by atoms with Crippen molar-refractivity contribution in [1.29, 1.82) is 0 Å². The first-order chi connectivity index (χ1) is 13.1. The van der Waals surface area contributed by atoms with E-state index in [0.29, 0.717) is 28.7 Å². The predicted molar refractivity (Wildman–Crippen MR) is 120 cm³/mol. The third-order valence-corrected chi connectivity index (χ3v) is 3.88. The molecule has 28 heavy (non-hydrogen) atoms. The highest BCUT2D eigenvalue weighted by Crippen LogP contribution is 2.34. The maximum Gasteiger partial charge on any atom is 0.193 e. The quantitative estimate of drug-likeness (QED) is 0.324. The summed E-state index contributed by atoms with van der Waals surface area (Å²) in [5, 5.41) is 3.02. The molecule has 0 bridgehead atoms. The van der Waals surface area contributed by atoms with Gasteiger partial charge in [-0.3, -0.25) is 0 Å². The Hall–Kier alpha value is -2.56. The van der Waals surface area contributed by atoms with Crippen molar-refractivity contribution < 1.29 is 23.7 Å². The maximum atomic E-state index is 6.02. The lowest BCUT2D eigenvalue weighted by Gasteiger charge is -2.14. The van der Waals surface area contributed by atoms with Crippen LogP contribution in [0.25, 0.3) is 0 Å². The minimum absolute atomic E-state index is 0. The third-order valence-electron chi connectivity index (χ3n) is 3.88. The number of hydrogen-bond acceptors (Lipinski definition) is 6. The monoisotopic (exact) mass is 503 g/mol. The number of hydrogen-bond donors (Lipinski definition) is 2. The van der Waals surface area contributed by atoms with Gasteiger partial charge in [-0.2, -0.15) is 0 Å². The number of aliphatic imine (C=N–C) groups is 1. The van der Waals surface area contributed by atoms with Crippen molar-refractivity contribution in [2.45, 2.75) is 6.54 Å². The van der Waals surface area contributed by atoms with Gasteiger partial charge in [0.25, 0.3) is 0 Å². The van der Waals surface area contributed by atoms with Gasteiger partial charge >= 0.3 is 0 Å². The maximum absolute atomic E-state index is 6.02. The Morgan fingerprint density at radius 2 is 1.39 bits per heavy atom. The van der Waals surface area contributed by atoms with Gasteiger partial charge in [-0.25, -0.2) is 4.99 Å². The van der Waals surface area contributed by atoms with Crippen LogP contribution in [0, 0.1) is 0 Å². The van der Waals surface area contributed by atoms with Crippen LogP contribution >= 0.6 is 24.0 Å². The van der Waals surface area contributed by atoms with E-state index in [1.54, 1.807) is 59.8 Å². The van der Waals surface area contributed by atoms with Crippen LogP contribution in [-0.4, -0.2) is 41.5 Å². The SMILES string of the molecule is COc1cc(OC)c(CN=C(N)Nc2ccc(OC)c(OC)c2)c(OC)c1.I. The Morgan fingerprint density at radius 1 is 0.821 bits per heavy atom. The standard InChI is InChI=1S/C19H25N3O5.HI/c1-23-13-9-16(25-3)14(17(10-13)26-4)11-21-19(20)22-12-6-7-15(24-2)18(8-12)27-5;/h6-10H,11H2,1-5H3,(H3,20,21,22);1H. The van der Waals surface area contributed by atoms with E-state index in [4.69, 9.17) is 29.4 Å². The molecule has 9 heteroatoms. The lowest BCUT2D eigenvalue weighted by atomic mass is 10.1. The number of rotatable bonds is 8. The number of anilines is 1. The molecule has 154 valence electrons. The fraction of sp³-hybridized carbons (Fsp3) is 0.316. The van der Waals surface area contributed by atoms with E-state index < -0.39 is 0 Å². The van der Waals surface area contributed by atoms with E-state index in [-0.39, 0.29) is 36.5 Å². The lowest BCUT2D eigenvalue weighted by molar-refractivity contribution is 0.355. The van der Waals surface area contributed by atoms with E-state index >= 15 is 0 Å². The second-order valence-electron chi connectivity index (χ2n) is 5.41. The van der Waals surface area contributed by atoms with Crippen molar-refractivity contribution in [1.82, 2.24) is 0 Å². The summed E-state index contributed by atoms with van der Waals surface area (Å²) >= 11 is 0. The fourth-order valence-corrected chi connectivity index (χ4v) is 2.50. The Morgan fingerprint density at radius 3 is 1.89 bits per heavy atom. The van der Waals surface area contributed by atoms with Gasteiger partial charge in [0.2, 0.25) is 0 Å². The summed E-state index contributed by atoms with van der Waals surface area (Å²) in [7, 11) is 7.88. The van der Waals surface area contributed by atoms with Crippen molar-refractivity contribution in [2.24, 2.45) is 10.7 Å². The molecule has 0 aliphatic carbocycles. The molecule has 0 heterocycles. The summed E-state index contributed by atoms with van der Waals surface area (Å²) < 4.78 is 26.6. The average Bonchev–Trinajstić information content (AvgIpc) is 2.71. The average molecular weight is 503 g/mol. The molecule has 0 aliphatic rings. The molecule has 0 radical (unpaired) electrons. The van der Waals surface area contributed by atoms with Crippen molar-refractivity contribution in [3.8, 4) is 28.7 Å². The van der Waals surface area contributed by atoms with Gasteiger partial charge in [0.05, 0.1) is 47.7 Å². The van der Waals surface area contributed by atoms with Crippen molar-refractivity contribution in [3.63, 3.8) is 0 Å². The molecule has 0 spiro atoms. The largest absolute Gasteiger partial charge is 0.496 e. The molecule has 0 unspecified atom stereocenters. The molecule has 0 amide bonds. The van der Waals surface area contributed by atoms with E-state index in [2.05, 4.69) is 10.3 Å². The van der Waals surface area contributed by atoms with Gasteiger partial charge < -0.3 is 34.7 Å². The third kappa shape index (κ3) is 5.72. The molecule has 2 aromatic rings. The van der Waals surface area contributed by atoms with Crippen LogP contribution in [0.1, 0.15) is 5.56 Å². The number of benzene rings is 2. The Kier molecular flexibility index (Phi) is 9.49. The van der Waals surface area contributed by atoms with Crippen molar-refractivity contribution >= 4 is 35.6 Å².